The monoisotopic (exact) mass is 463 g/mol. The van der Waals surface area contributed by atoms with Crippen LogP contribution in [0.2, 0.25) is 0 Å². The first kappa shape index (κ1) is 21.4. The van der Waals surface area contributed by atoms with Gasteiger partial charge in [-0.2, -0.15) is 5.26 Å². The van der Waals surface area contributed by atoms with Gasteiger partial charge < -0.3 is 14.6 Å². The smallest absolute Gasteiger partial charge is 0.266 e. The highest BCUT2D eigenvalue weighted by atomic mass is 79.9. The number of aryl methyl sites for hydroxylation is 1. The van der Waals surface area contributed by atoms with Gasteiger partial charge in [0.15, 0.2) is 0 Å². The highest BCUT2D eigenvalue weighted by Crippen LogP contribution is 2.24. The minimum absolute atomic E-state index is 0.0416. The van der Waals surface area contributed by atoms with E-state index in [1.807, 2.05) is 57.2 Å². The Morgan fingerprint density at radius 3 is 2.43 bits per heavy atom. The number of rotatable bonds is 6. The molecule has 0 aliphatic rings. The summed E-state index contributed by atoms with van der Waals surface area (Å²) >= 11 is 3.45. The molecule has 3 aromatic rings. The van der Waals surface area contributed by atoms with Crippen LogP contribution in [0.15, 0.2) is 64.6 Å². The van der Waals surface area contributed by atoms with Gasteiger partial charge in [0.25, 0.3) is 5.91 Å². The molecule has 2 aromatic carbocycles. The third kappa shape index (κ3) is 4.81. The van der Waals surface area contributed by atoms with Gasteiger partial charge >= 0.3 is 0 Å². The highest BCUT2D eigenvalue weighted by Gasteiger charge is 2.14. The van der Waals surface area contributed by atoms with Crippen molar-refractivity contribution in [1.82, 2.24) is 4.57 Å². The quantitative estimate of drug-likeness (QED) is 0.370. The summed E-state index contributed by atoms with van der Waals surface area (Å²) in [5, 5.41) is 12.3. The summed E-state index contributed by atoms with van der Waals surface area (Å²) in [5.74, 6) is 0.280. The van der Waals surface area contributed by atoms with Crippen LogP contribution in [0.25, 0.3) is 11.8 Å². The average molecular weight is 464 g/mol. The molecule has 0 radical (unpaired) electrons. The molecule has 0 aliphatic carbocycles. The molecule has 0 aliphatic heterocycles. The molecular formula is C24H22BrN3O2. The Kier molecular flexibility index (Phi) is 6.76. The van der Waals surface area contributed by atoms with Gasteiger partial charge in [-0.15, -0.1) is 0 Å². The zero-order valence-corrected chi connectivity index (χ0v) is 18.7. The van der Waals surface area contributed by atoms with E-state index in [-0.39, 0.29) is 5.57 Å². The van der Waals surface area contributed by atoms with Gasteiger partial charge in [0.1, 0.15) is 17.4 Å². The number of hydrogen-bond donors (Lipinski definition) is 1. The molecule has 1 aromatic heterocycles. The number of carbonyl (C=O) groups excluding carboxylic acids is 1. The summed E-state index contributed by atoms with van der Waals surface area (Å²) < 4.78 is 8.50. The number of aromatic nitrogens is 1. The lowest BCUT2D eigenvalue weighted by molar-refractivity contribution is -0.112. The zero-order chi connectivity index (χ0) is 21.7. The topological polar surface area (TPSA) is 67.0 Å². The van der Waals surface area contributed by atoms with Crippen molar-refractivity contribution >= 4 is 33.6 Å². The van der Waals surface area contributed by atoms with E-state index in [9.17, 15) is 10.1 Å². The minimum atomic E-state index is -0.449. The van der Waals surface area contributed by atoms with E-state index >= 15 is 0 Å². The summed E-state index contributed by atoms with van der Waals surface area (Å²) in [6.07, 6.45) is 1.63. The molecule has 0 fully saturated rings. The molecule has 3 rings (SSSR count). The number of nitrogens with zero attached hydrogens (tertiary/aromatic N) is 2. The Hall–Kier alpha value is -3.30. The molecule has 1 heterocycles. The Labute approximate surface area is 184 Å². The van der Waals surface area contributed by atoms with Crippen LogP contribution < -0.4 is 10.1 Å². The van der Waals surface area contributed by atoms with Crippen molar-refractivity contribution in [3.05, 3.63) is 81.6 Å². The number of nitrogens with one attached hydrogen (secondary N) is 1. The molecule has 1 N–H and O–H groups in total. The van der Waals surface area contributed by atoms with Gasteiger partial charge in [-0.3, -0.25) is 4.79 Å². The Bertz CT molecular complexity index is 1120. The Morgan fingerprint density at radius 2 is 1.83 bits per heavy atom. The first-order valence-corrected chi connectivity index (χ1v) is 10.3. The van der Waals surface area contributed by atoms with E-state index in [1.165, 1.54) is 0 Å². The number of carbonyl (C=O) groups is 1. The molecule has 0 saturated heterocycles. The van der Waals surface area contributed by atoms with Crippen LogP contribution in [0, 0.1) is 25.2 Å². The van der Waals surface area contributed by atoms with E-state index in [0.29, 0.717) is 12.3 Å². The highest BCUT2D eigenvalue weighted by molar-refractivity contribution is 9.10. The van der Waals surface area contributed by atoms with Crippen LogP contribution in [0.3, 0.4) is 0 Å². The first-order valence-electron chi connectivity index (χ1n) is 9.53. The van der Waals surface area contributed by atoms with Crippen molar-refractivity contribution in [2.75, 3.05) is 11.9 Å². The summed E-state index contributed by atoms with van der Waals surface area (Å²) in [6, 6.07) is 19.0. The zero-order valence-electron chi connectivity index (χ0n) is 17.1. The first-order chi connectivity index (χ1) is 14.4. The fourth-order valence-electron chi connectivity index (χ4n) is 3.22. The van der Waals surface area contributed by atoms with Gasteiger partial charge in [-0.25, -0.2) is 0 Å². The number of hydrogen-bond acceptors (Lipinski definition) is 3. The number of ether oxygens (including phenoxy) is 1. The summed E-state index contributed by atoms with van der Waals surface area (Å²) in [5.41, 5.74) is 4.46. The number of amides is 1. The molecule has 0 bridgehead atoms. The fraction of sp³-hybridized carbons (Fsp3) is 0.167. The Morgan fingerprint density at radius 1 is 1.17 bits per heavy atom. The number of anilines is 1. The van der Waals surface area contributed by atoms with Crippen LogP contribution >= 0.6 is 15.9 Å². The van der Waals surface area contributed by atoms with E-state index in [0.717, 1.165) is 32.9 Å². The maximum absolute atomic E-state index is 12.6. The third-order valence-corrected chi connectivity index (χ3v) is 5.17. The number of nitriles is 1. The normalized spacial score (nSPS) is 11.1. The summed E-state index contributed by atoms with van der Waals surface area (Å²) in [7, 11) is 0. The van der Waals surface area contributed by atoms with Crippen LogP contribution in [0.5, 0.6) is 5.75 Å². The van der Waals surface area contributed by atoms with Crippen molar-refractivity contribution in [2.45, 2.75) is 20.8 Å². The summed E-state index contributed by atoms with van der Waals surface area (Å²) in [6.45, 7) is 6.46. The maximum atomic E-state index is 12.6. The van der Waals surface area contributed by atoms with Gasteiger partial charge in [-0.1, -0.05) is 15.9 Å². The maximum Gasteiger partial charge on any atom is 0.266 e. The summed E-state index contributed by atoms with van der Waals surface area (Å²) in [4.78, 5) is 12.6. The lowest BCUT2D eigenvalue weighted by Gasteiger charge is -2.10. The predicted molar refractivity (Wildman–Crippen MR) is 123 cm³/mol. The predicted octanol–water partition coefficient (Wildman–Crippen LogP) is 5.80. The van der Waals surface area contributed by atoms with Crippen molar-refractivity contribution in [3.8, 4) is 17.5 Å². The molecule has 6 heteroatoms. The van der Waals surface area contributed by atoms with Gasteiger partial charge in [0.2, 0.25) is 0 Å². The van der Waals surface area contributed by atoms with E-state index in [1.54, 1.807) is 30.3 Å². The largest absolute Gasteiger partial charge is 0.494 e. The van der Waals surface area contributed by atoms with E-state index < -0.39 is 5.91 Å². The lowest BCUT2D eigenvalue weighted by atomic mass is 10.1. The van der Waals surface area contributed by atoms with E-state index in [2.05, 4.69) is 25.8 Å². The molecule has 1 amide bonds. The molecule has 152 valence electrons. The second-order valence-electron chi connectivity index (χ2n) is 6.72. The molecule has 0 unspecified atom stereocenters. The van der Waals surface area contributed by atoms with Crippen LogP contribution in [-0.2, 0) is 4.79 Å². The third-order valence-electron chi connectivity index (χ3n) is 4.64. The number of halogens is 1. The fourth-order valence-corrected chi connectivity index (χ4v) is 3.49. The van der Waals surface area contributed by atoms with Crippen LogP contribution in [0.1, 0.15) is 23.9 Å². The van der Waals surface area contributed by atoms with Crippen molar-refractivity contribution in [3.63, 3.8) is 0 Å². The molecule has 30 heavy (non-hydrogen) atoms. The molecule has 0 atom stereocenters. The minimum Gasteiger partial charge on any atom is -0.494 e. The SMILES string of the molecule is CCOc1ccc(NC(=O)C(C#N)=Cc2cc(C)n(-c3ccc(Br)cc3)c2C)cc1. The molecule has 5 nitrogen and oxygen atoms in total. The van der Waals surface area contributed by atoms with E-state index in [4.69, 9.17) is 4.74 Å². The second-order valence-corrected chi connectivity index (χ2v) is 7.64. The second kappa shape index (κ2) is 9.47. The number of benzene rings is 2. The van der Waals surface area contributed by atoms with Gasteiger partial charge in [0.05, 0.1) is 6.61 Å². The lowest BCUT2D eigenvalue weighted by Crippen LogP contribution is -2.13. The van der Waals surface area contributed by atoms with Gasteiger partial charge in [0, 0.05) is 27.2 Å². The average Bonchev–Trinajstić information content (AvgIpc) is 3.01. The van der Waals surface area contributed by atoms with Crippen molar-refractivity contribution < 1.29 is 9.53 Å². The van der Waals surface area contributed by atoms with Gasteiger partial charge in [-0.05, 0) is 87.0 Å². The Balaban J connectivity index is 1.85. The molecule has 0 spiro atoms. The van der Waals surface area contributed by atoms with Crippen LogP contribution in [-0.4, -0.2) is 17.1 Å². The van der Waals surface area contributed by atoms with Crippen molar-refractivity contribution in [1.29, 1.82) is 5.26 Å². The standard InChI is InChI=1S/C24H22BrN3O2/c1-4-30-23-11-7-21(8-12-23)27-24(29)19(15-26)14-18-13-16(2)28(17(18)3)22-9-5-20(25)6-10-22/h5-14H,4H2,1-3H3,(H,27,29). The van der Waals surface area contributed by atoms with Crippen molar-refractivity contribution in [2.24, 2.45) is 0 Å². The molecular weight excluding hydrogens is 442 g/mol. The van der Waals surface area contributed by atoms with Crippen LogP contribution in [0.4, 0.5) is 5.69 Å². The molecule has 0 saturated carbocycles.